The van der Waals surface area contributed by atoms with E-state index in [2.05, 4.69) is 42.7 Å². The molecule has 2 aromatic rings. The minimum atomic E-state index is 0. The molecule has 1 heterocycles. The van der Waals surface area contributed by atoms with Gasteiger partial charge in [0, 0.05) is 24.6 Å². The molecule has 0 amide bonds. The van der Waals surface area contributed by atoms with Crippen LogP contribution < -0.4 is 20.1 Å². The third-order valence-electron chi connectivity index (χ3n) is 4.88. The molecule has 7 heteroatoms. The van der Waals surface area contributed by atoms with E-state index in [1.54, 1.807) is 0 Å². The minimum Gasteiger partial charge on any atom is -0.493 e. The molecule has 0 aromatic heterocycles. The molecule has 1 fully saturated rings. The van der Waals surface area contributed by atoms with Crippen molar-refractivity contribution in [3.63, 3.8) is 0 Å². The van der Waals surface area contributed by atoms with Crippen molar-refractivity contribution in [2.45, 2.75) is 26.8 Å². The van der Waals surface area contributed by atoms with E-state index < -0.39 is 0 Å². The number of guanidine groups is 1. The summed E-state index contributed by atoms with van der Waals surface area (Å²) in [5, 5.41) is 6.61. The van der Waals surface area contributed by atoms with Crippen LogP contribution in [0, 0.1) is 12.8 Å². The van der Waals surface area contributed by atoms with Gasteiger partial charge in [0.05, 0.1) is 26.3 Å². The molecule has 1 aliphatic heterocycles. The second-order valence-electron chi connectivity index (χ2n) is 7.44. The highest BCUT2D eigenvalue weighted by Gasteiger charge is 2.17. The summed E-state index contributed by atoms with van der Waals surface area (Å²) < 4.78 is 17.3. The van der Waals surface area contributed by atoms with Crippen LogP contribution in [-0.2, 0) is 11.3 Å². The van der Waals surface area contributed by atoms with Gasteiger partial charge in [0.25, 0.3) is 0 Å². The Bertz CT molecular complexity index is 796. The second-order valence-corrected chi connectivity index (χ2v) is 7.44. The number of hydrogen-bond donors (Lipinski definition) is 2. The zero-order valence-electron chi connectivity index (χ0n) is 18.4. The smallest absolute Gasteiger partial charge is 0.191 e. The lowest BCUT2D eigenvalue weighted by atomic mass is 10.1. The molecule has 0 spiro atoms. The maximum absolute atomic E-state index is 6.13. The van der Waals surface area contributed by atoms with Crippen molar-refractivity contribution in [3.05, 3.63) is 59.7 Å². The SMILES string of the molecule is CCNC(=NCc1ccc(C)cc1OCC1CCOC1)NCCOc1ccccc1.I. The fraction of sp³-hybridized carbons (Fsp3) is 0.458. The van der Waals surface area contributed by atoms with Crippen LogP contribution in [0.15, 0.2) is 53.5 Å². The molecule has 1 atom stereocenters. The fourth-order valence-corrected chi connectivity index (χ4v) is 3.21. The summed E-state index contributed by atoms with van der Waals surface area (Å²) >= 11 is 0. The molecule has 170 valence electrons. The molecule has 31 heavy (non-hydrogen) atoms. The summed E-state index contributed by atoms with van der Waals surface area (Å²) in [6.45, 7) is 9.03. The summed E-state index contributed by atoms with van der Waals surface area (Å²) in [5.74, 6) is 3.03. The highest BCUT2D eigenvalue weighted by atomic mass is 127. The van der Waals surface area contributed by atoms with Gasteiger partial charge in [0.15, 0.2) is 5.96 Å². The van der Waals surface area contributed by atoms with Crippen LogP contribution in [0.1, 0.15) is 24.5 Å². The fourth-order valence-electron chi connectivity index (χ4n) is 3.21. The quantitative estimate of drug-likeness (QED) is 0.206. The summed E-state index contributed by atoms with van der Waals surface area (Å²) in [6, 6.07) is 16.1. The van der Waals surface area contributed by atoms with E-state index in [4.69, 9.17) is 19.2 Å². The molecular weight excluding hydrogens is 505 g/mol. The first-order valence-corrected chi connectivity index (χ1v) is 10.7. The molecule has 6 nitrogen and oxygen atoms in total. The third-order valence-corrected chi connectivity index (χ3v) is 4.88. The van der Waals surface area contributed by atoms with Gasteiger partial charge in [0.2, 0.25) is 0 Å². The Balaban J connectivity index is 0.00000341. The zero-order valence-corrected chi connectivity index (χ0v) is 20.8. The number of hydrogen-bond acceptors (Lipinski definition) is 4. The molecule has 0 saturated carbocycles. The topological polar surface area (TPSA) is 64.1 Å². The molecule has 2 N–H and O–H groups in total. The van der Waals surface area contributed by atoms with E-state index in [1.807, 2.05) is 30.3 Å². The first kappa shape index (κ1) is 25.3. The molecule has 1 aliphatic rings. The van der Waals surface area contributed by atoms with Crippen molar-refractivity contribution in [2.75, 3.05) is 39.5 Å². The van der Waals surface area contributed by atoms with E-state index >= 15 is 0 Å². The number of aryl methyl sites for hydroxylation is 1. The Kier molecular flexibility index (Phi) is 11.5. The molecule has 0 aliphatic carbocycles. The lowest BCUT2D eigenvalue weighted by Crippen LogP contribution is -2.39. The van der Waals surface area contributed by atoms with Gasteiger partial charge in [-0.25, -0.2) is 4.99 Å². The number of rotatable bonds is 10. The van der Waals surface area contributed by atoms with E-state index in [0.29, 0.717) is 32.2 Å². The molecule has 3 rings (SSSR count). The van der Waals surface area contributed by atoms with Crippen LogP contribution in [-0.4, -0.2) is 45.5 Å². The first-order valence-electron chi connectivity index (χ1n) is 10.7. The third kappa shape index (κ3) is 8.95. The summed E-state index contributed by atoms with van der Waals surface area (Å²) in [5.41, 5.74) is 2.26. The Morgan fingerprint density at radius 1 is 1.13 bits per heavy atom. The van der Waals surface area contributed by atoms with Crippen LogP contribution in [0.2, 0.25) is 0 Å². The van der Waals surface area contributed by atoms with Gasteiger partial charge in [-0.2, -0.15) is 0 Å². The Morgan fingerprint density at radius 2 is 1.97 bits per heavy atom. The Morgan fingerprint density at radius 3 is 2.71 bits per heavy atom. The van der Waals surface area contributed by atoms with Crippen LogP contribution in [0.25, 0.3) is 0 Å². The zero-order chi connectivity index (χ0) is 21.0. The predicted molar refractivity (Wildman–Crippen MR) is 136 cm³/mol. The van der Waals surface area contributed by atoms with Crippen molar-refractivity contribution in [2.24, 2.45) is 10.9 Å². The normalized spacial score (nSPS) is 15.8. The van der Waals surface area contributed by atoms with E-state index in [0.717, 1.165) is 49.2 Å². The van der Waals surface area contributed by atoms with Crippen LogP contribution in [0.4, 0.5) is 0 Å². The molecule has 1 saturated heterocycles. The van der Waals surface area contributed by atoms with E-state index in [1.165, 1.54) is 5.56 Å². The minimum absolute atomic E-state index is 0. The highest BCUT2D eigenvalue weighted by Crippen LogP contribution is 2.23. The standard InChI is InChI=1S/C24H33N3O3.HI/c1-3-25-24(26-12-14-29-22-7-5-4-6-8-22)27-16-21-10-9-19(2)15-23(21)30-18-20-11-13-28-17-20;/h4-10,15,20H,3,11-14,16-18H2,1-2H3,(H2,25,26,27);1H. The van der Waals surface area contributed by atoms with Crippen molar-refractivity contribution < 1.29 is 14.2 Å². The van der Waals surface area contributed by atoms with Gasteiger partial charge in [-0.1, -0.05) is 30.3 Å². The average Bonchev–Trinajstić information content (AvgIpc) is 3.29. The maximum atomic E-state index is 6.13. The van der Waals surface area contributed by atoms with Crippen LogP contribution >= 0.6 is 24.0 Å². The van der Waals surface area contributed by atoms with E-state index in [9.17, 15) is 0 Å². The number of ether oxygens (including phenoxy) is 3. The number of halogens is 1. The number of aliphatic imine (C=N–C) groups is 1. The van der Waals surface area contributed by atoms with Crippen molar-refractivity contribution in [1.82, 2.24) is 10.6 Å². The van der Waals surface area contributed by atoms with Crippen molar-refractivity contribution in [3.8, 4) is 11.5 Å². The predicted octanol–water partition coefficient (Wildman–Crippen LogP) is 4.16. The Labute approximate surface area is 202 Å². The average molecular weight is 539 g/mol. The molecule has 1 unspecified atom stereocenters. The second kappa shape index (κ2) is 14.1. The van der Waals surface area contributed by atoms with Crippen molar-refractivity contribution >= 4 is 29.9 Å². The van der Waals surface area contributed by atoms with Crippen molar-refractivity contribution in [1.29, 1.82) is 0 Å². The van der Waals surface area contributed by atoms with Crippen LogP contribution in [0.5, 0.6) is 11.5 Å². The molecular formula is C24H34IN3O3. The Hall–Kier alpha value is -2.00. The van der Waals surface area contributed by atoms with Gasteiger partial charge in [-0.15, -0.1) is 24.0 Å². The summed E-state index contributed by atoms with van der Waals surface area (Å²) in [4.78, 5) is 4.73. The maximum Gasteiger partial charge on any atom is 0.191 e. The molecule has 2 aromatic carbocycles. The number of nitrogens with one attached hydrogen (secondary N) is 2. The molecule has 0 bridgehead atoms. The first-order chi connectivity index (χ1) is 14.7. The lowest BCUT2D eigenvalue weighted by molar-refractivity contribution is 0.166. The molecule has 0 radical (unpaired) electrons. The van der Waals surface area contributed by atoms with Gasteiger partial charge in [-0.05, 0) is 44.0 Å². The summed E-state index contributed by atoms with van der Waals surface area (Å²) in [6.07, 6.45) is 1.07. The summed E-state index contributed by atoms with van der Waals surface area (Å²) in [7, 11) is 0. The number of para-hydroxylation sites is 1. The van der Waals surface area contributed by atoms with Gasteiger partial charge in [-0.3, -0.25) is 0 Å². The van der Waals surface area contributed by atoms with E-state index in [-0.39, 0.29) is 24.0 Å². The van der Waals surface area contributed by atoms with Gasteiger partial charge >= 0.3 is 0 Å². The largest absolute Gasteiger partial charge is 0.493 e. The number of benzene rings is 2. The highest BCUT2D eigenvalue weighted by molar-refractivity contribution is 14.0. The van der Waals surface area contributed by atoms with Crippen LogP contribution in [0.3, 0.4) is 0 Å². The number of nitrogens with zero attached hydrogens (tertiary/aromatic N) is 1. The lowest BCUT2D eigenvalue weighted by Gasteiger charge is -2.15. The van der Waals surface area contributed by atoms with Gasteiger partial charge < -0.3 is 24.8 Å². The van der Waals surface area contributed by atoms with Gasteiger partial charge in [0.1, 0.15) is 18.1 Å². The monoisotopic (exact) mass is 539 g/mol.